The van der Waals surface area contributed by atoms with Crippen molar-refractivity contribution in [2.75, 3.05) is 33.0 Å². The molecule has 2 aliphatic heterocycles. The molecule has 7 heteroatoms. The van der Waals surface area contributed by atoms with Gasteiger partial charge in [0.25, 0.3) is 0 Å². The summed E-state index contributed by atoms with van der Waals surface area (Å²) < 4.78 is 16.4. The van der Waals surface area contributed by atoms with Gasteiger partial charge in [-0.1, -0.05) is 6.07 Å². The van der Waals surface area contributed by atoms with Gasteiger partial charge in [0.05, 0.1) is 6.04 Å². The molecule has 3 N–H and O–H groups in total. The molecule has 2 aliphatic rings. The van der Waals surface area contributed by atoms with E-state index in [-0.39, 0.29) is 24.2 Å². The zero-order valence-corrected chi connectivity index (χ0v) is 14.5. The summed E-state index contributed by atoms with van der Waals surface area (Å²) in [6, 6.07) is 5.44. The van der Waals surface area contributed by atoms with E-state index in [9.17, 15) is 4.79 Å². The minimum atomic E-state index is -0.445. The molecule has 0 radical (unpaired) electrons. The van der Waals surface area contributed by atoms with Crippen LogP contribution in [0.4, 0.5) is 0 Å². The van der Waals surface area contributed by atoms with Crippen LogP contribution in [0, 0.1) is 5.92 Å². The van der Waals surface area contributed by atoms with Crippen LogP contribution in [0.3, 0.4) is 0 Å². The molecule has 1 fully saturated rings. The third-order valence-corrected chi connectivity index (χ3v) is 4.40. The predicted molar refractivity (Wildman–Crippen MR) is 92.9 cm³/mol. The number of rotatable bonds is 5. The van der Waals surface area contributed by atoms with Gasteiger partial charge in [-0.15, -0.1) is 12.4 Å². The minimum absolute atomic E-state index is 0. The van der Waals surface area contributed by atoms with Crippen molar-refractivity contribution in [3.63, 3.8) is 0 Å². The molecule has 1 atom stereocenters. The van der Waals surface area contributed by atoms with Crippen molar-refractivity contribution in [1.82, 2.24) is 5.32 Å². The number of benzene rings is 1. The Morgan fingerprint density at radius 3 is 2.62 bits per heavy atom. The molecule has 1 aromatic carbocycles. The highest BCUT2D eigenvalue weighted by Crippen LogP contribution is 2.30. The molecule has 1 unspecified atom stereocenters. The smallest absolute Gasteiger partial charge is 0.237 e. The Labute approximate surface area is 148 Å². The standard InChI is InChI=1S/C17H24N2O4.ClH/c18-16(13-4-7-21-8-5-13)17(20)19-6-3-12-1-2-14-15(11-12)23-10-9-22-14;/h1-2,11,13,16H,3-10,18H2,(H,19,20);1H. The Morgan fingerprint density at radius 2 is 1.88 bits per heavy atom. The van der Waals surface area contributed by atoms with E-state index in [1.54, 1.807) is 0 Å². The van der Waals surface area contributed by atoms with Crippen LogP contribution >= 0.6 is 12.4 Å². The molecule has 3 rings (SSSR count). The molecule has 134 valence electrons. The van der Waals surface area contributed by atoms with Crippen LogP contribution in [0.2, 0.25) is 0 Å². The highest BCUT2D eigenvalue weighted by atomic mass is 35.5. The summed E-state index contributed by atoms with van der Waals surface area (Å²) in [5.41, 5.74) is 7.16. The van der Waals surface area contributed by atoms with Gasteiger partial charge in [0, 0.05) is 19.8 Å². The Balaban J connectivity index is 0.00000208. The van der Waals surface area contributed by atoms with Crippen LogP contribution in [0.15, 0.2) is 18.2 Å². The molecule has 0 saturated carbocycles. The van der Waals surface area contributed by atoms with Crippen molar-refractivity contribution in [2.45, 2.75) is 25.3 Å². The molecule has 1 amide bonds. The van der Waals surface area contributed by atoms with Gasteiger partial charge < -0.3 is 25.3 Å². The molecule has 1 saturated heterocycles. The highest BCUT2D eigenvalue weighted by Gasteiger charge is 2.26. The van der Waals surface area contributed by atoms with Crippen molar-refractivity contribution in [1.29, 1.82) is 0 Å². The van der Waals surface area contributed by atoms with Gasteiger partial charge in [0.1, 0.15) is 13.2 Å². The van der Waals surface area contributed by atoms with Crippen molar-refractivity contribution < 1.29 is 19.0 Å². The summed E-state index contributed by atoms with van der Waals surface area (Å²) in [7, 11) is 0. The van der Waals surface area contributed by atoms with Crippen LogP contribution < -0.4 is 20.5 Å². The average Bonchev–Trinajstić information content (AvgIpc) is 2.61. The van der Waals surface area contributed by atoms with Gasteiger partial charge in [0.15, 0.2) is 11.5 Å². The fourth-order valence-electron chi connectivity index (χ4n) is 2.98. The number of amides is 1. The fraction of sp³-hybridized carbons (Fsp3) is 0.588. The van der Waals surface area contributed by atoms with Crippen LogP contribution in [0.1, 0.15) is 18.4 Å². The first-order valence-electron chi connectivity index (χ1n) is 8.23. The van der Waals surface area contributed by atoms with Gasteiger partial charge in [0.2, 0.25) is 5.91 Å². The lowest BCUT2D eigenvalue weighted by molar-refractivity contribution is -0.124. The van der Waals surface area contributed by atoms with Crippen LogP contribution in [-0.2, 0) is 16.0 Å². The summed E-state index contributed by atoms with van der Waals surface area (Å²) in [5, 5.41) is 2.93. The molecule has 0 bridgehead atoms. The number of fused-ring (bicyclic) bond motifs is 1. The summed E-state index contributed by atoms with van der Waals surface area (Å²) in [6.07, 6.45) is 2.45. The van der Waals surface area contributed by atoms with Crippen molar-refractivity contribution in [2.24, 2.45) is 11.7 Å². The monoisotopic (exact) mass is 356 g/mol. The van der Waals surface area contributed by atoms with Crippen molar-refractivity contribution >= 4 is 18.3 Å². The van der Waals surface area contributed by atoms with E-state index < -0.39 is 6.04 Å². The quantitative estimate of drug-likeness (QED) is 0.830. The largest absolute Gasteiger partial charge is 0.486 e. The second kappa shape index (κ2) is 9.11. The Bertz CT molecular complexity index is 549. The molecule has 1 aromatic rings. The van der Waals surface area contributed by atoms with Crippen LogP contribution in [0.25, 0.3) is 0 Å². The van der Waals surface area contributed by atoms with Gasteiger partial charge in [-0.25, -0.2) is 0 Å². The summed E-state index contributed by atoms with van der Waals surface area (Å²) in [6.45, 7) is 3.13. The number of halogens is 1. The second-order valence-electron chi connectivity index (χ2n) is 5.99. The third kappa shape index (κ3) is 4.75. The minimum Gasteiger partial charge on any atom is -0.486 e. The predicted octanol–water partition coefficient (Wildman–Crippen LogP) is 1.29. The molecular formula is C17H25ClN2O4. The summed E-state index contributed by atoms with van der Waals surface area (Å²) in [5.74, 6) is 1.71. The number of nitrogens with two attached hydrogens (primary N) is 1. The first-order chi connectivity index (χ1) is 11.2. The number of hydrogen-bond donors (Lipinski definition) is 2. The number of ether oxygens (including phenoxy) is 3. The van der Waals surface area contributed by atoms with E-state index in [0.29, 0.717) is 33.0 Å². The van der Waals surface area contributed by atoms with E-state index in [1.165, 1.54) is 0 Å². The van der Waals surface area contributed by atoms with Gasteiger partial charge in [-0.05, 0) is 42.9 Å². The SMILES string of the molecule is Cl.NC(C(=O)NCCc1ccc2c(c1)OCCO2)C1CCOCC1. The zero-order valence-electron chi connectivity index (χ0n) is 13.7. The van der Waals surface area contributed by atoms with Crippen LogP contribution in [-0.4, -0.2) is 44.9 Å². The second-order valence-corrected chi connectivity index (χ2v) is 5.99. The van der Waals surface area contributed by atoms with Gasteiger partial charge in [-0.2, -0.15) is 0 Å². The van der Waals surface area contributed by atoms with Gasteiger partial charge in [-0.3, -0.25) is 4.79 Å². The molecule has 0 spiro atoms. The van der Waals surface area contributed by atoms with Crippen molar-refractivity contribution in [3.05, 3.63) is 23.8 Å². The average molecular weight is 357 g/mol. The normalized spacial score (nSPS) is 18.4. The molecular weight excluding hydrogens is 332 g/mol. The topological polar surface area (TPSA) is 82.8 Å². The number of hydrogen-bond acceptors (Lipinski definition) is 5. The number of nitrogens with one attached hydrogen (secondary N) is 1. The maximum Gasteiger partial charge on any atom is 0.237 e. The summed E-state index contributed by atoms with van der Waals surface area (Å²) in [4.78, 5) is 12.1. The maximum absolute atomic E-state index is 12.1. The van der Waals surface area contributed by atoms with Crippen LogP contribution in [0.5, 0.6) is 11.5 Å². The maximum atomic E-state index is 12.1. The third-order valence-electron chi connectivity index (χ3n) is 4.40. The molecule has 2 heterocycles. The lowest BCUT2D eigenvalue weighted by Gasteiger charge is -2.26. The lowest BCUT2D eigenvalue weighted by atomic mass is 9.92. The first-order valence-corrected chi connectivity index (χ1v) is 8.23. The summed E-state index contributed by atoms with van der Waals surface area (Å²) >= 11 is 0. The first kappa shape index (κ1) is 18.8. The Morgan fingerprint density at radius 1 is 1.17 bits per heavy atom. The molecule has 6 nitrogen and oxygen atoms in total. The van der Waals surface area contributed by atoms with E-state index in [1.807, 2.05) is 18.2 Å². The van der Waals surface area contributed by atoms with E-state index in [4.69, 9.17) is 19.9 Å². The Hall–Kier alpha value is -1.50. The molecule has 0 aromatic heterocycles. The number of carbonyl (C=O) groups excluding carboxylic acids is 1. The fourth-order valence-corrected chi connectivity index (χ4v) is 2.98. The van der Waals surface area contributed by atoms with Crippen molar-refractivity contribution in [3.8, 4) is 11.5 Å². The number of carbonyl (C=O) groups is 1. The van der Waals surface area contributed by atoms with E-state index in [0.717, 1.165) is 36.3 Å². The highest BCUT2D eigenvalue weighted by molar-refractivity contribution is 5.85. The zero-order chi connectivity index (χ0) is 16.1. The Kier molecular flexibility index (Phi) is 7.15. The van der Waals surface area contributed by atoms with Gasteiger partial charge >= 0.3 is 0 Å². The molecule has 24 heavy (non-hydrogen) atoms. The molecule has 0 aliphatic carbocycles. The van der Waals surface area contributed by atoms with E-state index >= 15 is 0 Å². The lowest BCUT2D eigenvalue weighted by Crippen LogP contribution is -2.47. The van der Waals surface area contributed by atoms with E-state index in [2.05, 4.69) is 5.32 Å².